The van der Waals surface area contributed by atoms with E-state index in [4.69, 9.17) is 15.2 Å². The maximum Gasteiger partial charge on any atom is 0.267 e. The molecule has 8 heteroatoms. The number of rotatable bonds is 5. The van der Waals surface area contributed by atoms with Crippen LogP contribution in [0.25, 0.3) is 0 Å². The van der Waals surface area contributed by atoms with Gasteiger partial charge in [0.15, 0.2) is 11.5 Å². The van der Waals surface area contributed by atoms with Gasteiger partial charge in [0.2, 0.25) is 0 Å². The van der Waals surface area contributed by atoms with Crippen LogP contribution in [0.2, 0.25) is 0 Å². The number of aromatic nitrogens is 1. The molecule has 30 heavy (non-hydrogen) atoms. The topological polar surface area (TPSA) is 94.8 Å². The molecule has 1 aliphatic rings. The van der Waals surface area contributed by atoms with Gasteiger partial charge in [-0.3, -0.25) is 14.6 Å². The molecule has 0 aliphatic carbocycles. The van der Waals surface area contributed by atoms with Crippen molar-refractivity contribution in [3.8, 4) is 11.5 Å². The molecule has 154 valence electrons. The third-order valence-corrected chi connectivity index (χ3v) is 6.13. The van der Waals surface area contributed by atoms with E-state index in [1.54, 1.807) is 31.6 Å². The Balaban J connectivity index is 1.77. The molecule has 4 rings (SSSR count). The molecule has 2 N–H and O–H groups in total. The van der Waals surface area contributed by atoms with Gasteiger partial charge in [0, 0.05) is 17.6 Å². The molecular weight excluding hydrogens is 402 g/mol. The fourth-order valence-electron chi connectivity index (χ4n) is 3.75. The smallest absolute Gasteiger partial charge is 0.267 e. The van der Waals surface area contributed by atoms with Gasteiger partial charge in [-0.15, -0.1) is 11.3 Å². The number of carbonyl (C=O) groups excluding carboxylic acids is 2. The summed E-state index contributed by atoms with van der Waals surface area (Å²) in [4.78, 5) is 31.6. The van der Waals surface area contributed by atoms with E-state index in [0.29, 0.717) is 30.0 Å². The molecule has 1 atom stereocenters. The summed E-state index contributed by atoms with van der Waals surface area (Å²) in [7, 11) is 3.21. The van der Waals surface area contributed by atoms with Crippen LogP contribution in [-0.4, -0.2) is 42.5 Å². The van der Waals surface area contributed by atoms with Crippen molar-refractivity contribution in [3.05, 3.63) is 75.2 Å². The molecule has 1 aromatic carbocycles. The lowest BCUT2D eigenvalue weighted by molar-refractivity contribution is 0.0696. The average molecular weight is 423 g/mol. The van der Waals surface area contributed by atoms with Gasteiger partial charge < -0.3 is 20.1 Å². The van der Waals surface area contributed by atoms with Crippen LogP contribution >= 0.6 is 11.3 Å². The van der Waals surface area contributed by atoms with Crippen molar-refractivity contribution in [2.24, 2.45) is 5.73 Å². The van der Waals surface area contributed by atoms with Crippen molar-refractivity contribution in [1.29, 1.82) is 0 Å². The molecule has 1 aliphatic heterocycles. The second-order valence-corrected chi connectivity index (χ2v) is 7.85. The minimum atomic E-state index is -0.626. The predicted octanol–water partition coefficient (Wildman–Crippen LogP) is 3.05. The largest absolute Gasteiger partial charge is 0.493 e. The number of primary amides is 1. The van der Waals surface area contributed by atoms with Gasteiger partial charge in [-0.05, 0) is 53.3 Å². The van der Waals surface area contributed by atoms with Crippen LogP contribution in [0.3, 0.4) is 0 Å². The van der Waals surface area contributed by atoms with Crippen molar-refractivity contribution in [3.63, 3.8) is 0 Å². The Labute approximate surface area is 178 Å². The minimum absolute atomic E-state index is 0.127. The minimum Gasteiger partial charge on any atom is -0.493 e. The Morgan fingerprint density at radius 2 is 1.93 bits per heavy atom. The molecule has 2 aromatic heterocycles. The zero-order valence-corrected chi connectivity index (χ0v) is 17.4. The zero-order valence-electron chi connectivity index (χ0n) is 16.6. The second-order valence-electron chi connectivity index (χ2n) is 6.87. The van der Waals surface area contributed by atoms with Gasteiger partial charge in [-0.2, -0.15) is 0 Å². The lowest BCUT2D eigenvalue weighted by Gasteiger charge is -2.37. The number of pyridine rings is 1. The monoisotopic (exact) mass is 423 g/mol. The molecule has 0 fully saturated rings. The molecule has 0 saturated carbocycles. The fourth-order valence-corrected chi connectivity index (χ4v) is 4.60. The molecule has 0 unspecified atom stereocenters. The number of fused-ring (bicyclic) bond motifs is 1. The van der Waals surface area contributed by atoms with Gasteiger partial charge in [0.1, 0.15) is 5.69 Å². The number of carbonyl (C=O) groups is 2. The normalized spacial score (nSPS) is 15.4. The molecule has 2 amide bonds. The second kappa shape index (κ2) is 8.16. The van der Waals surface area contributed by atoms with E-state index in [9.17, 15) is 9.59 Å². The molecular formula is C22H21N3O4S. The van der Waals surface area contributed by atoms with E-state index in [1.165, 1.54) is 12.3 Å². The van der Waals surface area contributed by atoms with Crippen molar-refractivity contribution in [1.82, 2.24) is 9.88 Å². The average Bonchev–Trinajstić information content (AvgIpc) is 3.31. The number of nitrogens with two attached hydrogens (primary N) is 1. The summed E-state index contributed by atoms with van der Waals surface area (Å²) in [6.07, 6.45) is 2.09. The van der Waals surface area contributed by atoms with Gasteiger partial charge in [-0.1, -0.05) is 6.07 Å². The number of hydrogen-bond donors (Lipinski definition) is 1. The Kier molecular flexibility index (Phi) is 5.41. The lowest BCUT2D eigenvalue weighted by atomic mass is 9.90. The van der Waals surface area contributed by atoms with Crippen molar-refractivity contribution in [2.45, 2.75) is 12.5 Å². The number of ether oxygens (including phenoxy) is 2. The van der Waals surface area contributed by atoms with E-state index in [-0.39, 0.29) is 17.6 Å². The SMILES string of the molecule is COc1cc2c(cc1OC)[C@H](c1cccs1)N(C(=O)c1ccc(C(N)=O)nc1)CC2. The first-order valence-corrected chi connectivity index (χ1v) is 10.3. The maximum absolute atomic E-state index is 13.4. The van der Waals surface area contributed by atoms with Crippen LogP contribution in [-0.2, 0) is 6.42 Å². The Morgan fingerprint density at radius 1 is 1.17 bits per heavy atom. The summed E-state index contributed by atoms with van der Waals surface area (Å²) >= 11 is 1.60. The van der Waals surface area contributed by atoms with Crippen molar-refractivity contribution in [2.75, 3.05) is 20.8 Å². The standard InChI is InChI=1S/C22H21N3O4S/c1-28-17-10-13-7-8-25(22(27)14-5-6-16(21(23)26)24-12-14)20(19-4-3-9-30-19)15(13)11-18(17)29-2/h3-6,9-12,20H,7-8H2,1-2H3,(H2,23,26)/t20-/m1/s1. The predicted molar refractivity (Wildman–Crippen MR) is 113 cm³/mol. The maximum atomic E-state index is 13.4. The van der Waals surface area contributed by atoms with E-state index in [2.05, 4.69) is 4.98 Å². The summed E-state index contributed by atoms with van der Waals surface area (Å²) in [6, 6.07) is 10.7. The summed E-state index contributed by atoms with van der Waals surface area (Å²) in [6.45, 7) is 0.543. The van der Waals surface area contributed by atoms with Crippen LogP contribution < -0.4 is 15.2 Å². The molecule has 0 bridgehead atoms. The molecule has 3 heterocycles. The number of benzene rings is 1. The molecule has 0 saturated heterocycles. The van der Waals surface area contributed by atoms with E-state index in [0.717, 1.165) is 16.0 Å². The Bertz CT molecular complexity index is 1080. The van der Waals surface area contributed by atoms with Crippen LogP contribution in [0.5, 0.6) is 11.5 Å². The van der Waals surface area contributed by atoms with Gasteiger partial charge in [0.05, 0.1) is 25.8 Å². The summed E-state index contributed by atoms with van der Waals surface area (Å²) < 4.78 is 11.0. The number of amides is 2. The summed E-state index contributed by atoms with van der Waals surface area (Å²) in [5.41, 5.74) is 7.92. The fraction of sp³-hybridized carbons (Fsp3) is 0.227. The highest BCUT2D eigenvalue weighted by Gasteiger charge is 2.34. The highest BCUT2D eigenvalue weighted by molar-refractivity contribution is 7.10. The van der Waals surface area contributed by atoms with E-state index < -0.39 is 5.91 Å². The van der Waals surface area contributed by atoms with Crippen LogP contribution in [0, 0.1) is 0 Å². The molecule has 0 radical (unpaired) electrons. The Hall–Kier alpha value is -3.39. The first kappa shape index (κ1) is 19.9. The molecule has 7 nitrogen and oxygen atoms in total. The number of thiophene rings is 1. The number of nitrogens with zero attached hydrogens (tertiary/aromatic N) is 2. The van der Waals surface area contributed by atoms with E-state index in [1.807, 2.05) is 34.5 Å². The highest BCUT2D eigenvalue weighted by Crippen LogP contribution is 2.42. The van der Waals surface area contributed by atoms with Gasteiger partial charge in [0.25, 0.3) is 11.8 Å². The lowest BCUT2D eigenvalue weighted by Crippen LogP contribution is -2.40. The molecule has 3 aromatic rings. The van der Waals surface area contributed by atoms with Crippen LogP contribution in [0.1, 0.15) is 42.9 Å². The number of hydrogen-bond acceptors (Lipinski definition) is 6. The van der Waals surface area contributed by atoms with Crippen molar-refractivity contribution < 1.29 is 19.1 Å². The van der Waals surface area contributed by atoms with Crippen LogP contribution in [0.15, 0.2) is 48.0 Å². The highest BCUT2D eigenvalue weighted by atomic mass is 32.1. The van der Waals surface area contributed by atoms with Gasteiger partial charge >= 0.3 is 0 Å². The summed E-state index contributed by atoms with van der Waals surface area (Å²) in [5, 5.41) is 2.00. The van der Waals surface area contributed by atoms with Crippen LogP contribution in [0.4, 0.5) is 0 Å². The number of methoxy groups -OCH3 is 2. The quantitative estimate of drug-likeness (QED) is 0.681. The van der Waals surface area contributed by atoms with E-state index >= 15 is 0 Å². The Morgan fingerprint density at radius 3 is 2.53 bits per heavy atom. The first-order chi connectivity index (χ1) is 14.5. The third kappa shape index (κ3) is 3.50. The summed E-state index contributed by atoms with van der Waals surface area (Å²) in [5.74, 6) is 0.516. The van der Waals surface area contributed by atoms with Gasteiger partial charge in [-0.25, -0.2) is 0 Å². The third-order valence-electron chi connectivity index (χ3n) is 5.21. The van der Waals surface area contributed by atoms with Crippen molar-refractivity contribution >= 4 is 23.2 Å². The zero-order chi connectivity index (χ0) is 21.3. The first-order valence-electron chi connectivity index (χ1n) is 9.38. The molecule has 0 spiro atoms.